The average molecular weight is 768 g/mol. The van der Waals surface area contributed by atoms with Crippen LogP contribution < -0.4 is 92.9 Å². The van der Waals surface area contributed by atoms with Gasteiger partial charge in [0.05, 0.1) is 0 Å². The second kappa shape index (κ2) is 16.0. The maximum absolute atomic E-state index is 7.19. The molecule has 21 heteroatoms. The Labute approximate surface area is 393 Å². The lowest BCUT2D eigenvalue weighted by Gasteiger charge is -2.29. The van der Waals surface area contributed by atoms with Gasteiger partial charge in [-0.3, -0.25) is 0 Å². The van der Waals surface area contributed by atoms with E-state index in [4.69, 9.17) is 153 Å². The monoisotopic (exact) mass is 771 g/mol. The third kappa shape index (κ3) is 6.33. The smallest absolute Gasteiger partial charge is 0.164 e. The summed E-state index contributed by atoms with van der Waals surface area (Å²) in [5, 5.41) is 0.779. The van der Waals surface area contributed by atoms with Gasteiger partial charge in [0.25, 0.3) is 0 Å². The molecular formula is C43H10B17N3O. The number of benzene rings is 7. The summed E-state index contributed by atoms with van der Waals surface area (Å²) in [6.45, 7) is 0. The minimum Gasteiger partial charge on any atom is -0.456 e. The summed E-state index contributed by atoms with van der Waals surface area (Å²) < 4.78 is 6.78. The second-order valence-corrected chi connectivity index (χ2v) is 15.2. The topological polar surface area (TPSA) is 51.8 Å². The Morgan fingerprint density at radius 2 is 0.578 bits per heavy atom. The van der Waals surface area contributed by atoms with Gasteiger partial charge in [0, 0.05) is 33.0 Å². The Bertz CT molecular complexity index is 3410. The normalized spacial score (nSPS) is 11.6. The maximum atomic E-state index is 7.19. The number of aromatic nitrogens is 3. The summed E-state index contributed by atoms with van der Waals surface area (Å²) in [4.78, 5) is 14.8. The summed E-state index contributed by atoms with van der Waals surface area (Å²) >= 11 is 0. The zero-order valence-corrected chi connectivity index (χ0v) is 33.8. The van der Waals surface area contributed by atoms with E-state index < -0.39 is 0 Å². The van der Waals surface area contributed by atoms with Crippen LogP contribution in [0.3, 0.4) is 0 Å². The zero-order chi connectivity index (χ0) is 46.0. The van der Waals surface area contributed by atoms with Gasteiger partial charge in [0.2, 0.25) is 0 Å². The molecule has 0 spiro atoms. The van der Waals surface area contributed by atoms with Gasteiger partial charge >= 0.3 is 0 Å². The molecule has 9 aromatic rings. The Hall–Kier alpha value is -5.29. The number of nitrogens with zero attached hydrogens (tertiary/aromatic N) is 3. The van der Waals surface area contributed by atoms with Gasteiger partial charge in [0.15, 0.2) is 17.5 Å². The van der Waals surface area contributed by atoms with E-state index in [0.717, 1.165) is 0 Å². The first-order valence-electron chi connectivity index (χ1n) is 19.2. The number of fused-ring (bicyclic) bond motifs is 4. The fourth-order valence-corrected chi connectivity index (χ4v) is 8.33. The van der Waals surface area contributed by atoms with E-state index in [1.807, 2.05) is 60.7 Å². The predicted octanol–water partition coefficient (Wildman–Crippen LogP) is -9.25. The molecule has 0 saturated heterocycles. The highest BCUT2D eigenvalue weighted by molar-refractivity contribution is 6.73. The molecule has 0 unspecified atom stereocenters. The molecule has 64 heavy (non-hydrogen) atoms. The van der Waals surface area contributed by atoms with E-state index >= 15 is 0 Å². The van der Waals surface area contributed by atoms with Crippen molar-refractivity contribution in [1.29, 1.82) is 0 Å². The van der Waals surface area contributed by atoms with Crippen molar-refractivity contribution in [2.45, 2.75) is 0 Å². The van der Waals surface area contributed by atoms with Gasteiger partial charge < -0.3 is 4.42 Å². The Morgan fingerprint density at radius 3 is 1.03 bits per heavy atom. The standard InChI is InChI=1S/C43H10B17N3O/c44-22-14-17(30(52)35(57)34(56)27(14)49)33(55)40-19(22)13-21(43-62-41(11-7-3-1-4-8-11)61-42(63-43)12-9-5-2-6-10-12)32(54)31(53)20(39(13)64-40)18-25(47)23(45)15(24(46)26(18)48)16-28(50)36(58)38(60)37(59)29(16)51/h1-10H. The van der Waals surface area contributed by atoms with Crippen molar-refractivity contribution >= 4 is 259 Å². The SMILES string of the molecule is [B]c1c([B])c([B])c(-c2c([B])c([B])c(-c3c([B])c([B])c(-c4nc(-c5ccccc5)nc(-c5ccccc5)n4)c4c3oc3c([B])c5c([B])c([B])c([B])c([B])c5c([B])c34)c([B])c2[B])c([B])c1[B]. The quantitative estimate of drug-likeness (QED) is 0.164. The van der Waals surface area contributed by atoms with E-state index in [0.29, 0.717) is 22.8 Å². The van der Waals surface area contributed by atoms with E-state index in [2.05, 4.69) is 0 Å². The molecule has 2 heterocycles. The molecule has 4 nitrogen and oxygen atoms in total. The first-order valence-corrected chi connectivity index (χ1v) is 19.2. The summed E-state index contributed by atoms with van der Waals surface area (Å²) in [6.07, 6.45) is 0. The molecule has 0 amide bonds. The van der Waals surface area contributed by atoms with Crippen LogP contribution in [0.2, 0.25) is 0 Å². The molecule has 254 valence electrons. The summed E-state index contributed by atoms with van der Waals surface area (Å²) in [6, 6.07) is 18.5. The fraction of sp³-hybridized carbons (Fsp3) is 0. The lowest BCUT2D eigenvalue weighted by molar-refractivity contribution is 0.673. The van der Waals surface area contributed by atoms with Gasteiger partial charge in [-0.1, -0.05) is 121 Å². The van der Waals surface area contributed by atoms with Crippen LogP contribution in [0.15, 0.2) is 65.1 Å². The molecule has 2 aromatic heterocycles. The van der Waals surface area contributed by atoms with Crippen LogP contribution in [0.4, 0.5) is 0 Å². The number of hydrogen-bond acceptors (Lipinski definition) is 4. The van der Waals surface area contributed by atoms with E-state index in [1.165, 1.54) is 0 Å². The van der Waals surface area contributed by atoms with Crippen molar-refractivity contribution in [1.82, 2.24) is 15.0 Å². The molecule has 0 atom stereocenters. The highest BCUT2D eigenvalue weighted by Gasteiger charge is 2.30. The van der Waals surface area contributed by atoms with Crippen LogP contribution >= 0.6 is 0 Å². The first-order chi connectivity index (χ1) is 30.4. The van der Waals surface area contributed by atoms with Crippen LogP contribution in [-0.4, -0.2) is 148 Å². The first kappa shape index (κ1) is 43.9. The van der Waals surface area contributed by atoms with Crippen molar-refractivity contribution in [3.8, 4) is 56.4 Å². The largest absolute Gasteiger partial charge is 0.456 e. The molecule has 0 fully saturated rings. The molecule has 0 aliphatic carbocycles. The fourth-order valence-electron chi connectivity index (χ4n) is 8.33. The summed E-state index contributed by atoms with van der Waals surface area (Å²) in [7, 11) is 113. The Morgan fingerprint density at radius 1 is 0.250 bits per heavy atom. The van der Waals surface area contributed by atoms with E-state index in [9.17, 15) is 0 Å². The maximum Gasteiger partial charge on any atom is 0.164 e. The molecule has 9 rings (SSSR count). The van der Waals surface area contributed by atoms with Crippen molar-refractivity contribution in [3.05, 3.63) is 60.7 Å². The van der Waals surface area contributed by atoms with Crippen molar-refractivity contribution in [2.24, 2.45) is 0 Å². The lowest BCUT2D eigenvalue weighted by atomic mass is 9.55. The Balaban J connectivity index is 1.49. The number of rotatable bonds is 5. The van der Waals surface area contributed by atoms with Crippen LogP contribution in [0.5, 0.6) is 0 Å². The van der Waals surface area contributed by atoms with Gasteiger partial charge in [-0.25, -0.2) is 15.0 Å². The van der Waals surface area contributed by atoms with Crippen molar-refractivity contribution in [2.75, 3.05) is 0 Å². The summed E-state index contributed by atoms with van der Waals surface area (Å²) in [5.74, 6) is 0.675. The van der Waals surface area contributed by atoms with Crippen LogP contribution in [0.1, 0.15) is 0 Å². The molecule has 0 N–H and O–H groups in total. The van der Waals surface area contributed by atoms with Gasteiger partial charge in [0.1, 0.15) is 145 Å². The van der Waals surface area contributed by atoms with Gasteiger partial charge in [-0.2, -0.15) is 0 Å². The minimum absolute atomic E-state index is 0.00335. The van der Waals surface area contributed by atoms with E-state index in [-0.39, 0.29) is 159 Å². The molecule has 7 aromatic carbocycles. The third-order valence-electron chi connectivity index (χ3n) is 11.7. The number of hydrogen-bond donors (Lipinski definition) is 0. The second-order valence-electron chi connectivity index (χ2n) is 15.2. The average Bonchev–Trinajstić information content (AvgIpc) is 3.70. The number of furan rings is 1. The molecular weight excluding hydrogens is 758 g/mol. The van der Waals surface area contributed by atoms with Gasteiger partial charge in [-0.05, 0) is 32.9 Å². The van der Waals surface area contributed by atoms with Crippen LogP contribution in [0.25, 0.3) is 89.1 Å². The lowest BCUT2D eigenvalue weighted by Crippen LogP contribution is -2.57. The minimum atomic E-state index is -0.145. The molecule has 0 aliphatic rings. The molecule has 0 aliphatic heterocycles. The van der Waals surface area contributed by atoms with Crippen LogP contribution in [0, 0.1) is 0 Å². The van der Waals surface area contributed by atoms with Gasteiger partial charge in [-0.15, -0.1) is 27.3 Å². The highest BCUT2D eigenvalue weighted by Crippen LogP contribution is 2.39. The molecule has 34 radical (unpaired) electrons. The van der Waals surface area contributed by atoms with Crippen LogP contribution in [-0.2, 0) is 0 Å². The van der Waals surface area contributed by atoms with Crippen molar-refractivity contribution < 1.29 is 4.42 Å². The third-order valence-corrected chi connectivity index (χ3v) is 11.7. The van der Waals surface area contributed by atoms with Crippen molar-refractivity contribution in [3.63, 3.8) is 0 Å². The predicted molar refractivity (Wildman–Crippen MR) is 283 cm³/mol. The summed E-state index contributed by atoms with van der Waals surface area (Å²) in [5.41, 5.74) is 0.651. The molecule has 0 saturated carbocycles. The Kier molecular flexibility index (Phi) is 11.0. The molecule has 0 bridgehead atoms. The van der Waals surface area contributed by atoms with E-state index in [1.54, 1.807) is 0 Å². The zero-order valence-electron chi connectivity index (χ0n) is 33.8. The highest BCUT2D eigenvalue weighted by atomic mass is 16.3.